The first-order valence-electron chi connectivity index (χ1n) is 3.92. The number of halogens is 1. The minimum absolute atomic E-state index is 0.448. The molecule has 0 N–H and O–H groups in total. The number of carbonyl (C=O) groups excluding carboxylic acids is 1. The third-order valence-corrected chi connectivity index (χ3v) is 2.24. The van der Waals surface area contributed by atoms with Crippen LogP contribution in [-0.4, -0.2) is 15.9 Å². The van der Waals surface area contributed by atoms with Gasteiger partial charge in [-0.1, -0.05) is 11.6 Å². The molecule has 0 aliphatic carbocycles. The van der Waals surface area contributed by atoms with Crippen LogP contribution in [0.25, 0.3) is 10.9 Å². The number of hydrogen-bond acceptors (Lipinski definition) is 3. The molecule has 0 amide bonds. The van der Waals surface area contributed by atoms with Crippen molar-refractivity contribution in [1.82, 2.24) is 9.78 Å². The molecule has 70 valence electrons. The molecular formula is C9H6ClN3O. The van der Waals surface area contributed by atoms with Gasteiger partial charge in [-0.05, 0) is 18.2 Å². The Hall–Kier alpha value is -1.64. The summed E-state index contributed by atoms with van der Waals surface area (Å²) < 4.78 is 1.64. The molecule has 0 saturated carbocycles. The molecule has 0 aliphatic heterocycles. The Balaban J connectivity index is 2.76. The van der Waals surface area contributed by atoms with Crippen LogP contribution in [0.2, 0.25) is 5.15 Å². The number of fused-ring (bicyclic) bond motifs is 1. The summed E-state index contributed by atoms with van der Waals surface area (Å²) in [6.45, 7) is 0. The summed E-state index contributed by atoms with van der Waals surface area (Å²) in [6, 6.07) is 5.21. The summed E-state index contributed by atoms with van der Waals surface area (Å²) in [5, 5.41) is 5.33. The normalized spacial score (nSPS) is 10.1. The van der Waals surface area contributed by atoms with Crippen LogP contribution in [0.15, 0.2) is 23.2 Å². The number of benzene rings is 1. The number of nitrogens with zero attached hydrogens (tertiary/aromatic N) is 3. The molecule has 0 saturated heterocycles. The van der Waals surface area contributed by atoms with Gasteiger partial charge in [0.1, 0.15) is 0 Å². The highest BCUT2D eigenvalue weighted by atomic mass is 35.5. The van der Waals surface area contributed by atoms with E-state index in [-0.39, 0.29) is 0 Å². The smallest absolute Gasteiger partial charge is 0.240 e. The Bertz CT molecular complexity index is 540. The van der Waals surface area contributed by atoms with Crippen LogP contribution in [0, 0.1) is 0 Å². The van der Waals surface area contributed by atoms with Crippen molar-refractivity contribution in [3.63, 3.8) is 0 Å². The van der Waals surface area contributed by atoms with Crippen LogP contribution in [0.5, 0.6) is 0 Å². The van der Waals surface area contributed by atoms with Gasteiger partial charge >= 0.3 is 0 Å². The van der Waals surface area contributed by atoms with Gasteiger partial charge in [0, 0.05) is 12.4 Å². The van der Waals surface area contributed by atoms with Crippen molar-refractivity contribution >= 4 is 34.3 Å². The average Bonchev–Trinajstić information content (AvgIpc) is 2.43. The summed E-state index contributed by atoms with van der Waals surface area (Å²) in [5.41, 5.74) is 1.39. The number of aliphatic imine (C=N–C) groups is 1. The van der Waals surface area contributed by atoms with Crippen LogP contribution < -0.4 is 0 Å². The zero-order valence-electron chi connectivity index (χ0n) is 7.36. The van der Waals surface area contributed by atoms with Gasteiger partial charge in [-0.3, -0.25) is 4.68 Å². The first-order valence-corrected chi connectivity index (χ1v) is 4.30. The van der Waals surface area contributed by atoms with E-state index in [1.807, 2.05) is 0 Å². The van der Waals surface area contributed by atoms with Crippen molar-refractivity contribution < 1.29 is 4.79 Å². The van der Waals surface area contributed by atoms with Crippen LogP contribution in [-0.2, 0) is 11.8 Å². The van der Waals surface area contributed by atoms with E-state index in [4.69, 9.17) is 11.6 Å². The van der Waals surface area contributed by atoms with Crippen LogP contribution in [0.3, 0.4) is 0 Å². The van der Waals surface area contributed by atoms with E-state index in [1.54, 1.807) is 29.9 Å². The highest BCUT2D eigenvalue weighted by molar-refractivity contribution is 6.34. The lowest BCUT2D eigenvalue weighted by Crippen LogP contribution is -1.88. The molecule has 1 heterocycles. The Morgan fingerprint density at radius 3 is 3.07 bits per heavy atom. The standard InChI is InChI=1S/C9H6ClN3O/c1-13-8-4-6(11-5-14)2-3-7(8)9(10)12-13/h2-4H,1H3. The molecule has 0 atom stereocenters. The van der Waals surface area contributed by atoms with Crippen molar-refractivity contribution in [3.8, 4) is 0 Å². The van der Waals surface area contributed by atoms with Crippen molar-refractivity contribution in [2.24, 2.45) is 12.0 Å². The predicted molar refractivity (Wildman–Crippen MR) is 53.5 cm³/mol. The third kappa shape index (κ3) is 1.31. The summed E-state index contributed by atoms with van der Waals surface area (Å²) in [6.07, 6.45) is 1.49. The fourth-order valence-corrected chi connectivity index (χ4v) is 1.60. The quantitative estimate of drug-likeness (QED) is 0.532. The highest BCUT2D eigenvalue weighted by Crippen LogP contribution is 2.25. The Morgan fingerprint density at radius 1 is 1.57 bits per heavy atom. The van der Waals surface area contributed by atoms with E-state index in [2.05, 4.69) is 10.1 Å². The molecule has 4 nitrogen and oxygen atoms in total. The van der Waals surface area contributed by atoms with E-state index in [9.17, 15) is 4.79 Å². The molecule has 1 aromatic carbocycles. The first kappa shape index (κ1) is 8.94. The van der Waals surface area contributed by atoms with Crippen molar-refractivity contribution in [3.05, 3.63) is 23.4 Å². The first-order chi connectivity index (χ1) is 6.72. The van der Waals surface area contributed by atoms with E-state index >= 15 is 0 Å². The third-order valence-electron chi connectivity index (χ3n) is 1.96. The molecule has 1 aromatic heterocycles. The van der Waals surface area contributed by atoms with Crippen LogP contribution in [0.1, 0.15) is 0 Å². The topological polar surface area (TPSA) is 47.2 Å². The number of rotatable bonds is 1. The van der Waals surface area contributed by atoms with Gasteiger partial charge in [0.2, 0.25) is 6.08 Å². The Morgan fingerprint density at radius 2 is 2.36 bits per heavy atom. The number of isocyanates is 1. The van der Waals surface area contributed by atoms with Gasteiger partial charge in [0.15, 0.2) is 5.15 Å². The zero-order chi connectivity index (χ0) is 10.1. The minimum atomic E-state index is 0.448. The maximum absolute atomic E-state index is 10.1. The lowest BCUT2D eigenvalue weighted by atomic mass is 10.2. The second-order valence-corrected chi connectivity index (χ2v) is 3.18. The SMILES string of the molecule is Cn1nc(Cl)c2ccc(N=C=O)cc21. The number of aromatic nitrogens is 2. The van der Waals surface area contributed by atoms with Crippen LogP contribution in [0.4, 0.5) is 5.69 Å². The second kappa shape index (κ2) is 3.25. The van der Waals surface area contributed by atoms with Gasteiger partial charge in [-0.15, -0.1) is 0 Å². The van der Waals surface area contributed by atoms with Crippen molar-refractivity contribution in [2.45, 2.75) is 0 Å². The summed E-state index contributed by atoms with van der Waals surface area (Å²) in [7, 11) is 1.78. The fourth-order valence-electron chi connectivity index (χ4n) is 1.32. The fraction of sp³-hybridized carbons (Fsp3) is 0.111. The molecule has 5 heteroatoms. The van der Waals surface area contributed by atoms with Crippen molar-refractivity contribution in [2.75, 3.05) is 0 Å². The Kier molecular flexibility index (Phi) is 2.08. The molecule has 0 bridgehead atoms. The van der Waals surface area contributed by atoms with E-state index < -0.39 is 0 Å². The maximum Gasteiger partial charge on any atom is 0.240 e. The predicted octanol–water partition coefficient (Wildman–Crippen LogP) is 2.19. The molecule has 0 spiro atoms. The molecule has 2 rings (SSSR count). The largest absolute Gasteiger partial charge is 0.266 e. The summed E-state index contributed by atoms with van der Waals surface area (Å²) >= 11 is 5.87. The average molecular weight is 208 g/mol. The second-order valence-electron chi connectivity index (χ2n) is 2.82. The molecule has 0 unspecified atom stereocenters. The van der Waals surface area contributed by atoms with Gasteiger partial charge in [0.05, 0.1) is 11.2 Å². The van der Waals surface area contributed by atoms with Gasteiger partial charge in [-0.2, -0.15) is 10.1 Å². The monoisotopic (exact) mass is 207 g/mol. The zero-order valence-corrected chi connectivity index (χ0v) is 8.12. The lowest BCUT2D eigenvalue weighted by molar-refractivity contribution is 0.565. The lowest BCUT2D eigenvalue weighted by Gasteiger charge is -1.94. The summed E-state index contributed by atoms with van der Waals surface area (Å²) in [4.78, 5) is 13.6. The highest BCUT2D eigenvalue weighted by Gasteiger charge is 2.06. The van der Waals surface area contributed by atoms with Gasteiger partial charge in [0.25, 0.3) is 0 Å². The van der Waals surface area contributed by atoms with Gasteiger partial charge in [-0.25, -0.2) is 4.79 Å². The summed E-state index contributed by atoms with van der Waals surface area (Å²) in [5.74, 6) is 0. The molecule has 0 radical (unpaired) electrons. The number of hydrogen-bond donors (Lipinski definition) is 0. The minimum Gasteiger partial charge on any atom is -0.266 e. The van der Waals surface area contributed by atoms with E-state index in [1.165, 1.54) is 6.08 Å². The van der Waals surface area contributed by atoms with Crippen LogP contribution >= 0.6 is 11.6 Å². The molecule has 0 fully saturated rings. The maximum atomic E-state index is 10.1. The molecular weight excluding hydrogens is 202 g/mol. The van der Waals surface area contributed by atoms with Crippen molar-refractivity contribution in [1.29, 1.82) is 0 Å². The number of aryl methyl sites for hydroxylation is 1. The van der Waals surface area contributed by atoms with E-state index in [0.29, 0.717) is 10.8 Å². The van der Waals surface area contributed by atoms with E-state index in [0.717, 1.165) is 10.9 Å². The molecule has 14 heavy (non-hydrogen) atoms. The molecule has 0 aliphatic rings. The van der Waals surface area contributed by atoms with Gasteiger partial charge < -0.3 is 0 Å². The Labute approximate surface area is 84.8 Å². The molecule has 2 aromatic rings.